The molecule has 0 fully saturated rings. The van der Waals surface area contributed by atoms with Crippen molar-refractivity contribution in [3.05, 3.63) is 46.4 Å². The maximum absolute atomic E-state index is 9.75. The average Bonchev–Trinajstić information content (AvgIpc) is 2.91. The van der Waals surface area contributed by atoms with Gasteiger partial charge in [-0.1, -0.05) is 11.3 Å². The van der Waals surface area contributed by atoms with E-state index < -0.39 is 7.25 Å². The van der Waals surface area contributed by atoms with Crippen LogP contribution in [0, 0.1) is 6.92 Å². The third kappa shape index (κ3) is 7.69. The van der Waals surface area contributed by atoms with Crippen molar-refractivity contribution < 1.29 is 31.4 Å². The van der Waals surface area contributed by atoms with Crippen LogP contribution in [-0.2, 0) is 6.54 Å². The van der Waals surface area contributed by atoms with Gasteiger partial charge in [-0.2, -0.15) is 0 Å². The van der Waals surface area contributed by atoms with Crippen molar-refractivity contribution in [1.29, 1.82) is 0 Å². The monoisotopic (exact) mass is 390 g/mol. The van der Waals surface area contributed by atoms with E-state index in [2.05, 4.69) is 11.7 Å². The quantitative estimate of drug-likeness (QED) is 0.317. The number of aryl methyl sites for hydroxylation is 1. The van der Waals surface area contributed by atoms with Crippen molar-refractivity contribution >= 4 is 30.7 Å². The number of aromatic nitrogens is 2. The number of ether oxygens (including phenoxy) is 2. The molecule has 0 amide bonds. The minimum Gasteiger partial charge on any atom is -0.497 e. The second-order valence-corrected chi connectivity index (χ2v) is 6.08. The van der Waals surface area contributed by atoms with Gasteiger partial charge in [0.15, 0.2) is 11.6 Å². The number of hydrogen-bond donors (Lipinski definition) is 0. The number of nitrogens with zero attached hydrogens (tertiary/aromatic N) is 2. The first-order valence-corrected chi connectivity index (χ1v) is 8.25. The highest BCUT2D eigenvalue weighted by Gasteiger charge is 2.20. The first-order chi connectivity index (χ1) is 12.2. The Kier molecular flexibility index (Phi) is 8.30. The summed E-state index contributed by atoms with van der Waals surface area (Å²) in [4.78, 5) is 0. The van der Waals surface area contributed by atoms with E-state index in [1.165, 1.54) is 0 Å². The Morgan fingerprint density at radius 3 is 2.38 bits per heavy atom. The maximum Gasteiger partial charge on any atom is 0.673 e. The highest BCUT2D eigenvalue weighted by atomic mass is 32.1. The highest BCUT2D eigenvalue weighted by molar-refractivity contribution is 7.11. The van der Waals surface area contributed by atoms with Gasteiger partial charge in [0.1, 0.15) is 11.5 Å². The van der Waals surface area contributed by atoms with E-state index in [0.717, 1.165) is 27.1 Å². The molecule has 1 aromatic carbocycles. The normalized spacial score (nSPS) is 11.0. The number of benzene rings is 1. The molecule has 0 bridgehead atoms. The van der Waals surface area contributed by atoms with Crippen molar-refractivity contribution in [1.82, 2.24) is 5.10 Å². The lowest BCUT2D eigenvalue weighted by molar-refractivity contribution is -0.741. The standard InChI is InChI=1S/C16H19N2O2S.BF4/c1-5-10-18-16(21-12(2)17-18)9-6-13-11-14(19-3)7-8-15(13)20-4;2-1(3,4)5/h5-9,11H,1,10H2,2-4H3;/q+1;-1/b9-6+;. The number of allylic oxidation sites excluding steroid dienone is 1. The molecule has 2 rings (SSSR count). The first kappa shape index (κ1) is 21.7. The van der Waals surface area contributed by atoms with E-state index in [1.807, 2.05) is 48.0 Å². The fraction of sp³-hybridized carbons (Fsp3) is 0.250. The molecule has 0 aliphatic heterocycles. The SMILES string of the molecule is C=CC[n+]1nc(C)sc1/C=C/c1cc(OC)ccc1OC.F[B-](F)(F)F. The van der Waals surface area contributed by atoms with Crippen LogP contribution in [0.4, 0.5) is 17.3 Å². The number of rotatable bonds is 6. The molecular weight excluding hydrogens is 371 g/mol. The number of methoxy groups -OCH3 is 2. The lowest BCUT2D eigenvalue weighted by Crippen LogP contribution is -2.37. The zero-order valence-electron chi connectivity index (χ0n) is 14.6. The molecule has 26 heavy (non-hydrogen) atoms. The summed E-state index contributed by atoms with van der Waals surface area (Å²) in [6.07, 6.45) is 5.88. The van der Waals surface area contributed by atoms with Crippen LogP contribution in [0.1, 0.15) is 15.6 Å². The van der Waals surface area contributed by atoms with Crippen molar-refractivity contribution in [2.45, 2.75) is 13.5 Å². The topological polar surface area (TPSA) is 35.2 Å². The molecule has 0 N–H and O–H groups in total. The largest absolute Gasteiger partial charge is 0.673 e. The molecule has 0 unspecified atom stereocenters. The van der Waals surface area contributed by atoms with Crippen LogP contribution in [-0.4, -0.2) is 26.6 Å². The van der Waals surface area contributed by atoms with Gasteiger partial charge in [0.2, 0.25) is 0 Å². The molecule has 2 aromatic rings. The Bertz CT molecular complexity index is 757. The van der Waals surface area contributed by atoms with Crippen LogP contribution in [0.25, 0.3) is 12.2 Å². The van der Waals surface area contributed by atoms with Crippen molar-refractivity contribution in [3.8, 4) is 11.5 Å². The Labute approximate surface area is 153 Å². The second kappa shape index (κ2) is 9.96. The number of hydrogen-bond acceptors (Lipinski definition) is 4. The van der Waals surface area contributed by atoms with Gasteiger partial charge in [-0.15, -0.1) is 0 Å². The average molecular weight is 390 g/mol. The first-order valence-electron chi connectivity index (χ1n) is 7.43. The lowest BCUT2D eigenvalue weighted by Gasteiger charge is -2.06. The lowest BCUT2D eigenvalue weighted by atomic mass is 10.1. The molecule has 1 heterocycles. The summed E-state index contributed by atoms with van der Waals surface area (Å²) in [6.45, 7) is 6.45. The minimum absolute atomic E-state index is 0.694. The molecule has 1 aromatic heterocycles. The Morgan fingerprint density at radius 1 is 1.19 bits per heavy atom. The molecule has 4 nitrogen and oxygen atoms in total. The molecule has 142 valence electrons. The summed E-state index contributed by atoms with van der Waals surface area (Å²) in [5, 5.41) is 6.53. The Hall–Kier alpha value is -2.36. The Morgan fingerprint density at radius 2 is 1.85 bits per heavy atom. The summed E-state index contributed by atoms with van der Waals surface area (Å²) < 4.78 is 51.6. The smallest absolute Gasteiger partial charge is 0.497 e. The van der Waals surface area contributed by atoms with Crippen molar-refractivity contribution in [2.75, 3.05) is 14.2 Å². The summed E-state index contributed by atoms with van der Waals surface area (Å²) in [5.74, 6) is 1.61. The van der Waals surface area contributed by atoms with Gasteiger partial charge in [0.25, 0.3) is 5.01 Å². The summed E-state index contributed by atoms with van der Waals surface area (Å²) in [6, 6.07) is 5.72. The van der Waals surface area contributed by atoms with E-state index in [9.17, 15) is 17.3 Å². The van der Waals surface area contributed by atoms with Gasteiger partial charge in [-0.25, -0.2) is 0 Å². The summed E-state index contributed by atoms with van der Waals surface area (Å²) in [7, 11) is -2.69. The van der Waals surface area contributed by atoms with E-state index in [-0.39, 0.29) is 0 Å². The fourth-order valence-electron chi connectivity index (χ4n) is 1.95. The summed E-state index contributed by atoms with van der Waals surface area (Å²) >= 11 is 1.64. The van der Waals surface area contributed by atoms with Crippen LogP contribution >= 0.6 is 11.3 Å². The zero-order valence-corrected chi connectivity index (χ0v) is 15.4. The van der Waals surface area contributed by atoms with Crippen LogP contribution < -0.4 is 14.2 Å². The third-order valence-corrected chi connectivity index (χ3v) is 3.85. The van der Waals surface area contributed by atoms with Gasteiger partial charge in [-0.3, -0.25) is 0 Å². The maximum atomic E-state index is 9.75. The summed E-state index contributed by atoms with van der Waals surface area (Å²) in [5.41, 5.74) is 0.966. The van der Waals surface area contributed by atoms with Gasteiger partial charge in [-0.05, 0) is 48.6 Å². The van der Waals surface area contributed by atoms with Crippen LogP contribution in [0.15, 0.2) is 30.9 Å². The highest BCUT2D eigenvalue weighted by Crippen LogP contribution is 2.26. The second-order valence-electron chi connectivity index (χ2n) is 4.87. The molecule has 10 heteroatoms. The Balaban J connectivity index is 0.000000597. The van der Waals surface area contributed by atoms with E-state index in [0.29, 0.717) is 6.54 Å². The van der Waals surface area contributed by atoms with Crippen LogP contribution in [0.5, 0.6) is 11.5 Å². The molecule has 0 radical (unpaired) electrons. The third-order valence-electron chi connectivity index (χ3n) is 2.91. The number of halogens is 4. The minimum atomic E-state index is -6.00. The van der Waals surface area contributed by atoms with E-state index in [1.54, 1.807) is 25.6 Å². The van der Waals surface area contributed by atoms with Crippen LogP contribution in [0.3, 0.4) is 0 Å². The molecular formula is C16H19BF4N2O2S. The molecule has 0 spiro atoms. The van der Waals surface area contributed by atoms with Gasteiger partial charge in [0.05, 0.1) is 14.2 Å². The van der Waals surface area contributed by atoms with Crippen molar-refractivity contribution in [3.63, 3.8) is 0 Å². The molecule has 0 saturated heterocycles. The van der Waals surface area contributed by atoms with E-state index in [4.69, 9.17) is 9.47 Å². The predicted molar refractivity (Wildman–Crippen MR) is 95.9 cm³/mol. The molecule has 0 atom stereocenters. The van der Waals surface area contributed by atoms with Gasteiger partial charge in [0, 0.05) is 16.7 Å². The molecule has 0 aliphatic carbocycles. The predicted octanol–water partition coefficient (Wildman–Crippen LogP) is 4.41. The molecule has 0 aliphatic rings. The fourth-order valence-corrected chi connectivity index (χ4v) is 2.75. The van der Waals surface area contributed by atoms with E-state index >= 15 is 0 Å². The molecule has 0 saturated carbocycles. The van der Waals surface area contributed by atoms with Gasteiger partial charge >= 0.3 is 7.25 Å². The zero-order chi connectivity index (χ0) is 19.7. The van der Waals surface area contributed by atoms with Gasteiger partial charge < -0.3 is 26.7 Å². The van der Waals surface area contributed by atoms with Crippen molar-refractivity contribution in [2.24, 2.45) is 0 Å². The van der Waals surface area contributed by atoms with Crippen LogP contribution in [0.2, 0.25) is 0 Å².